The molecule has 0 spiro atoms. The van der Waals surface area contributed by atoms with Crippen molar-refractivity contribution in [2.45, 2.75) is 544 Å². The molecule has 2 saturated heterocycles. The predicted molar refractivity (Wildman–Crippen MR) is 560 cm³/mol. The number of benzene rings is 1. The Morgan fingerprint density at radius 2 is 0.375 bits per heavy atom. The second-order valence-corrected chi connectivity index (χ2v) is 40.5. The number of aromatic hydroxyl groups is 2. The lowest BCUT2D eigenvalue weighted by Gasteiger charge is -2.34. The van der Waals surface area contributed by atoms with E-state index in [2.05, 4.69) is 48.5 Å². The van der Waals surface area contributed by atoms with Crippen LogP contribution in [0.5, 0.6) is 11.8 Å². The molecule has 0 bridgehead atoms. The molecule has 4 aliphatic heterocycles. The van der Waals surface area contributed by atoms with Crippen molar-refractivity contribution in [1.29, 1.82) is 0 Å². The quantitative estimate of drug-likeness (QED) is 0.0303. The van der Waals surface area contributed by atoms with Crippen LogP contribution in [0.15, 0.2) is 52.4 Å². The molecule has 8 amide bonds. The lowest BCUT2D eigenvalue weighted by atomic mass is 9.89. The Balaban J connectivity index is 1.55. The molecule has 766 valence electrons. The summed E-state index contributed by atoms with van der Waals surface area (Å²) >= 11 is 0. The van der Waals surface area contributed by atoms with Crippen molar-refractivity contribution in [2.24, 2.45) is 9.98 Å². The van der Waals surface area contributed by atoms with Crippen molar-refractivity contribution < 1.29 is 39.0 Å². The van der Waals surface area contributed by atoms with Gasteiger partial charge in [0.05, 0.1) is 22.8 Å². The van der Waals surface area contributed by atoms with Gasteiger partial charge in [0.2, 0.25) is 11.8 Å². The van der Waals surface area contributed by atoms with Gasteiger partial charge in [0.1, 0.15) is 22.3 Å². The molecular formula is C114H188N10O12. The Morgan fingerprint density at radius 1 is 0.206 bits per heavy atom. The number of amides is 8. The normalized spacial score (nSPS) is 14.1. The van der Waals surface area contributed by atoms with E-state index >= 15 is 47.9 Å². The molecule has 3 aromatic rings. The number of fused-ring (bicyclic) bond motifs is 2. The van der Waals surface area contributed by atoms with E-state index in [4.69, 9.17) is 9.98 Å². The van der Waals surface area contributed by atoms with Crippen molar-refractivity contribution in [3.8, 4) is 11.8 Å². The van der Waals surface area contributed by atoms with Gasteiger partial charge in [-0.1, -0.05) is 466 Å². The fraction of sp³-hybridized carbons (Fsp3) is 0.772. The van der Waals surface area contributed by atoms with Crippen LogP contribution < -0.4 is 22.5 Å². The Labute approximate surface area is 820 Å². The van der Waals surface area contributed by atoms with Crippen LogP contribution in [-0.2, 0) is 45.4 Å². The average molecular weight is 1890 g/mol. The van der Waals surface area contributed by atoms with Gasteiger partial charge in [0, 0.05) is 74.6 Å². The van der Waals surface area contributed by atoms with Gasteiger partial charge in [-0.25, -0.2) is 29.2 Å². The predicted octanol–water partition coefficient (Wildman–Crippen LogP) is 28.7. The summed E-state index contributed by atoms with van der Waals surface area (Å²) < 4.78 is 4.73. The number of aromatic nitrogens is 4. The third kappa shape index (κ3) is 36.7. The lowest BCUT2D eigenvalue weighted by Crippen LogP contribution is -2.57. The fourth-order valence-corrected chi connectivity index (χ4v) is 20.4. The third-order valence-corrected chi connectivity index (χ3v) is 29.0. The van der Waals surface area contributed by atoms with E-state index in [9.17, 15) is 10.2 Å². The first-order valence-corrected chi connectivity index (χ1v) is 56.8. The molecule has 2 fully saturated rings. The van der Waals surface area contributed by atoms with Crippen LogP contribution in [0, 0.1) is 0 Å². The Bertz CT molecular complexity index is 4360. The largest absolute Gasteiger partial charge is 0.494 e. The molecule has 0 radical (unpaired) electrons. The summed E-state index contributed by atoms with van der Waals surface area (Å²) in [5.41, 5.74) is -6.03. The molecule has 4 aliphatic rings. The highest BCUT2D eigenvalue weighted by Gasteiger charge is 2.49. The molecule has 2 aromatic heterocycles. The number of hydrogen-bond acceptors (Lipinski definition) is 14. The fourth-order valence-electron chi connectivity index (χ4n) is 20.4. The number of hydrogen-bond donors (Lipinski definition) is 2. The van der Waals surface area contributed by atoms with E-state index in [0.717, 1.165) is 262 Å². The van der Waals surface area contributed by atoms with Crippen LogP contribution in [0.25, 0.3) is 11.4 Å². The minimum atomic E-state index is -0.929. The number of aliphatic imine (C=N–C) groups is 2. The molecule has 2 N–H and O–H groups in total. The molecule has 6 heterocycles. The zero-order valence-electron chi connectivity index (χ0n) is 87.2. The van der Waals surface area contributed by atoms with Crippen molar-refractivity contribution in [1.82, 2.24) is 37.9 Å². The Hall–Kier alpha value is -7.78. The molecule has 22 nitrogen and oxygen atoms in total. The van der Waals surface area contributed by atoms with Gasteiger partial charge in [-0.2, -0.15) is 0 Å². The molecule has 7 rings (SSSR count). The molecule has 0 saturated carbocycles. The average Bonchev–Trinajstić information content (AvgIpc) is 1.55. The molecule has 136 heavy (non-hydrogen) atoms. The van der Waals surface area contributed by atoms with Crippen molar-refractivity contribution in [2.75, 3.05) is 26.2 Å². The van der Waals surface area contributed by atoms with Crippen LogP contribution in [0.4, 0.5) is 9.59 Å². The summed E-state index contributed by atoms with van der Waals surface area (Å²) in [5.74, 6) is -5.10. The van der Waals surface area contributed by atoms with Crippen LogP contribution in [0.3, 0.4) is 0 Å². The second-order valence-electron chi connectivity index (χ2n) is 40.5. The van der Waals surface area contributed by atoms with Gasteiger partial charge in [-0.05, 0) is 63.5 Å². The third-order valence-electron chi connectivity index (χ3n) is 29.0. The van der Waals surface area contributed by atoms with E-state index in [0.29, 0.717) is 89.9 Å². The van der Waals surface area contributed by atoms with Gasteiger partial charge in [-0.15, -0.1) is 0 Å². The van der Waals surface area contributed by atoms with E-state index in [1.807, 2.05) is 6.92 Å². The molecule has 0 unspecified atom stereocenters. The van der Waals surface area contributed by atoms with Gasteiger partial charge in [0.15, 0.2) is 0 Å². The Kier molecular flexibility index (Phi) is 57.9. The SMILES string of the molecule is CCCCCCCCCCCCN1C(=O)C(=C2N=C(c3c(O)n(CCCCCCCCCCCC)c(=O)n(CCCC)c3=O)c3cc4c(cc32)C(=C2C(=O)N(CCCCCCCCCCCC)C(=O)N(CCCCCCCCCCCC)C2=O)N=C4c2c(O)n(CCCCCCCCCCCC)c(=O)n(CCCCCCCCCCCC)c2=O)C(=O)N(CCCCCCCCCCCC)C1=O. The first kappa shape index (κ1) is 115. The first-order valence-electron chi connectivity index (χ1n) is 56.8. The molecular weight excluding hydrogens is 1700 g/mol. The van der Waals surface area contributed by atoms with Crippen molar-refractivity contribution in [3.05, 3.63) is 98.3 Å². The summed E-state index contributed by atoms with van der Waals surface area (Å²) in [7, 11) is 0. The van der Waals surface area contributed by atoms with E-state index < -0.39 is 92.2 Å². The molecule has 22 heteroatoms. The molecule has 1 aromatic carbocycles. The van der Waals surface area contributed by atoms with Crippen molar-refractivity contribution >= 4 is 58.5 Å². The topological polar surface area (TPSA) is 269 Å². The number of nitrogens with zero attached hydrogens (tertiary/aromatic N) is 10. The van der Waals surface area contributed by atoms with Crippen LogP contribution in [0.2, 0.25) is 0 Å². The highest BCUT2D eigenvalue weighted by molar-refractivity contribution is 6.37. The lowest BCUT2D eigenvalue weighted by molar-refractivity contribution is -0.137. The number of carbonyl (C=O) groups is 6. The maximum atomic E-state index is 16.3. The van der Waals surface area contributed by atoms with Crippen LogP contribution >= 0.6 is 0 Å². The zero-order valence-corrected chi connectivity index (χ0v) is 87.2. The second kappa shape index (κ2) is 68.3. The highest BCUT2D eigenvalue weighted by Crippen LogP contribution is 2.45. The van der Waals surface area contributed by atoms with Crippen LogP contribution in [0.1, 0.15) is 551 Å². The van der Waals surface area contributed by atoms with Crippen molar-refractivity contribution in [3.63, 3.8) is 0 Å². The summed E-state index contributed by atoms with van der Waals surface area (Å²) in [6.07, 6.45) is 70.5. The first-order chi connectivity index (χ1) is 66.5. The zero-order chi connectivity index (χ0) is 97.9. The maximum Gasteiger partial charge on any atom is 0.333 e. The summed E-state index contributed by atoms with van der Waals surface area (Å²) in [4.78, 5) is 174. The summed E-state index contributed by atoms with van der Waals surface area (Å²) in [6, 6.07) is 1.58. The van der Waals surface area contributed by atoms with Gasteiger partial charge in [0.25, 0.3) is 34.7 Å². The molecule has 0 atom stereocenters. The smallest absolute Gasteiger partial charge is 0.333 e. The number of urea groups is 2. The van der Waals surface area contributed by atoms with Gasteiger partial charge >= 0.3 is 23.4 Å². The van der Waals surface area contributed by atoms with E-state index in [-0.39, 0.29) is 97.4 Å². The van der Waals surface area contributed by atoms with Crippen LogP contribution in [-0.4, -0.2) is 121 Å². The summed E-state index contributed by atoms with van der Waals surface area (Å²) in [5, 5.41) is 26.7. The number of carbonyl (C=O) groups excluding carboxylic acids is 6. The van der Waals surface area contributed by atoms with Gasteiger partial charge < -0.3 is 10.2 Å². The number of rotatable bonds is 82. The van der Waals surface area contributed by atoms with E-state index in [1.54, 1.807) is 12.1 Å². The highest BCUT2D eigenvalue weighted by atomic mass is 16.3. The molecule has 0 aliphatic carbocycles. The van der Waals surface area contributed by atoms with Gasteiger partial charge in [-0.3, -0.25) is 66.6 Å². The monoisotopic (exact) mass is 1890 g/mol. The van der Waals surface area contributed by atoms with E-state index in [1.165, 1.54) is 149 Å². The number of barbiturate groups is 2. The Morgan fingerprint density at radius 3 is 0.581 bits per heavy atom. The number of unbranched alkanes of at least 4 members (excludes halogenated alkanes) is 64. The maximum absolute atomic E-state index is 16.3. The number of imide groups is 4. The minimum absolute atomic E-state index is 0.00298. The summed E-state index contributed by atoms with van der Waals surface area (Å²) in [6.45, 7) is 17.3. The minimum Gasteiger partial charge on any atom is -0.494 e. The standard InChI is InChI=1S/C114H188N10O12/c1-9-17-25-32-39-46-53-60-67-74-82-118-104(126)95(103(125)117(111(118)133)81-24-16-8)99-91-89-93-94(90-92(91)100(115-99)96-105(127)119(83-75-68-61-54-47-40-33-26-18-10-2)112(134)120(106(96)128)84-76-69-62-55-48-41-34-27-19-11-3)102(98-109(131)123(87-79-72-65-58-51-44-37-30-22-14-6)114(136)124(110(98)132)88-80-73-66-59-52-45-38-31-23-15-7)116-101(93)97-107(129)121(85-77-70-63-56-49-42-35-28-20-12-4)113(135)122(108(97)130)86-78-71-64-57-50-43-36-29-21-13-5/h89-90,126,129H,9-88H2,1-8H3.